The molecule has 0 bridgehead atoms. The van der Waals surface area contributed by atoms with Gasteiger partial charge in [0, 0.05) is 25.8 Å². The summed E-state index contributed by atoms with van der Waals surface area (Å²) in [7, 11) is -2.27. The highest BCUT2D eigenvalue weighted by atomic mass is 32.2. The van der Waals surface area contributed by atoms with Crippen LogP contribution in [-0.4, -0.2) is 41.7 Å². The molecule has 1 aliphatic heterocycles. The van der Waals surface area contributed by atoms with Crippen LogP contribution in [0.3, 0.4) is 0 Å². The second-order valence-corrected chi connectivity index (χ2v) is 7.53. The van der Waals surface area contributed by atoms with E-state index < -0.39 is 27.8 Å². The number of nitrogens with two attached hydrogens (primary N) is 2. The Labute approximate surface area is 129 Å². The molecular formula is C13H20N4O4S. The first kappa shape index (κ1) is 16.5. The molecule has 1 aliphatic rings. The van der Waals surface area contributed by atoms with Crippen LogP contribution in [0.25, 0.3) is 0 Å². The van der Waals surface area contributed by atoms with Crippen molar-refractivity contribution in [2.75, 3.05) is 6.54 Å². The molecule has 2 unspecified atom stereocenters. The lowest BCUT2D eigenvalue weighted by atomic mass is 9.95. The highest BCUT2D eigenvalue weighted by Gasteiger charge is 2.37. The summed E-state index contributed by atoms with van der Waals surface area (Å²) in [5.74, 6) is -1.70. The van der Waals surface area contributed by atoms with Crippen molar-refractivity contribution >= 4 is 21.8 Å². The van der Waals surface area contributed by atoms with Crippen LogP contribution >= 0.6 is 0 Å². The number of hydrogen-bond donors (Lipinski definition) is 2. The molecular weight excluding hydrogens is 308 g/mol. The molecule has 0 aromatic carbocycles. The zero-order valence-electron chi connectivity index (χ0n) is 12.5. The highest BCUT2D eigenvalue weighted by molar-refractivity contribution is 7.89. The summed E-state index contributed by atoms with van der Waals surface area (Å²) in [6.45, 7) is 1.84. The van der Waals surface area contributed by atoms with Crippen molar-refractivity contribution in [2.24, 2.45) is 24.4 Å². The van der Waals surface area contributed by atoms with Gasteiger partial charge in [0.1, 0.15) is 10.6 Å². The third-order valence-corrected chi connectivity index (χ3v) is 6.01. The van der Waals surface area contributed by atoms with Crippen LogP contribution in [0.4, 0.5) is 0 Å². The van der Waals surface area contributed by atoms with Crippen molar-refractivity contribution < 1.29 is 18.0 Å². The molecule has 2 amide bonds. The fourth-order valence-corrected chi connectivity index (χ4v) is 4.48. The number of nitrogens with zero attached hydrogens (tertiary/aromatic N) is 2. The molecule has 2 heterocycles. The number of carbonyl (C=O) groups excluding carboxylic acids is 2. The Kier molecular flexibility index (Phi) is 4.30. The van der Waals surface area contributed by atoms with Crippen molar-refractivity contribution in [1.29, 1.82) is 0 Å². The van der Waals surface area contributed by atoms with E-state index in [9.17, 15) is 18.0 Å². The van der Waals surface area contributed by atoms with Gasteiger partial charge in [-0.2, -0.15) is 4.31 Å². The lowest BCUT2D eigenvalue weighted by molar-refractivity contribution is -0.123. The van der Waals surface area contributed by atoms with Crippen LogP contribution in [0.1, 0.15) is 30.3 Å². The van der Waals surface area contributed by atoms with Crippen molar-refractivity contribution in [3.63, 3.8) is 0 Å². The smallest absolute Gasteiger partial charge is 0.265 e. The number of aryl methyl sites for hydroxylation is 1. The maximum Gasteiger partial charge on any atom is 0.265 e. The Hall–Kier alpha value is -1.87. The summed E-state index contributed by atoms with van der Waals surface area (Å²) in [6.07, 6.45) is 2.47. The first-order valence-corrected chi connectivity index (χ1v) is 8.36. The Bertz CT molecular complexity index is 710. The van der Waals surface area contributed by atoms with Crippen LogP contribution in [0.2, 0.25) is 0 Å². The minimum Gasteiger partial charge on any atom is -0.369 e. The predicted octanol–water partition coefficient (Wildman–Crippen LogP) is -0.601. The molecule has 2 rings (SSSR count). The molecule has 9 heteroatoms. The number of primary amides is 2. The Morgan fingerprint density at radius 1 is 1.27 bits per heavy atom. The summed E-state index contributed by atoms with van der Waals surface area (Å²) in [5, 5.41) is 0. The zero-order chi connectivity index (χ0) is 16.7. The lowest BCUT2D eigenvalue weighted by Crippen LogP contribution is -2.48. The van der Waals surface area contributed by atoms with Crippen molar-refractivity contribution in [3.05, 3.63) is 18.0 Å². The van der Waals surface area contributed by atoms with Gasteiger partial charge in [-0.3, -0.25) is 9.59 Å². The molecule has 2 atom stereocenters. The molecule has 1 aromatic heterocycles. The standard InChI is InChI=1S/C13H20N4O4S/c1-8-3-4-9(12(14)18)6-17(8)22(20,21)10-5-11(13(15)19)16(2)7-10/h5,7-9H,3-4,6H2,1-2H3,(H2,14,18)(H2,15,19). The van der Waals surface area contributed by atoms with Crippen LogP contribution in [-0.2, 0) is 21.9 Å². The summed E-state index contributed by atoms with van der Waals surface area (Å²) in [6, 6.07) is 1.01. The number of sulfonamides is 1. The largest absolute Gasteiger partial charge is 0.369 e. The molecule has 122 valence electrons. The fourth-order valence-electron chi connectivity index (χ4n) is 2.70. The first-order valence-electron chi connectivity index (χ1n) is 6.92. The van der Waals surface area contributed by atoms with E-state index in [-0.39, 0.29) is 23.2 Å². The Morgan fingerprint density at radius 2 is 1.91 bits per heavy atom. The molecule has 1 aromatic rings. The molecule has 0 spiro atoms. The average Bonchev–Trinajstić information content (AvgIpc) is 2.81. The monoisotopic (exact) mass is 328 g/mol. The minimum atomic E-state index is -3.82. The van der Waals surface area contributed by atoms with E-state index >= 15 is 0 Å². The normalized spacial score (nSPS) is 23.4. The molecule has 4 N–H and O–H groups in total. The van der Waals surface area contributed by atoms with Crippen LogP contribution in [0, 0.1) is 5.92 Å². The van der Waals surface area contributed by atoms with E-state index in [2.05, 4.69) is 0 Å². The van der Waals surface area contributed by atoms with Gasteiger partial charge in [0.2, 0.25) is 15.9 Å². The van der Waals surface area contributed by atoms with Crippen molar-refractivity contribution in [2.45, 2.75) is 30.7 Å². The Morgan fingerprint density at radius 3 is 2.41 bits per heavy atom. The first-order chi connectivity index (χ1) is 10.1. The van der Waals surface area contributed by atoms with Gasteiger partial charge in [-0.1, -0.05) is 0 Å². The molecule has 0 saturated carbocycles. The number of aromatic nitrogens is 1. The number of hydrogen-bond acceptors (Lipinski definition) is 4. The van der Waals surface area contributed by atoms with Crippen LogP contribution < -0.4 is 11.5 Å². The SMILES string of the molecule is CC1CCC(C(N)=O)CN1S(=O)(=O)c1cc(C(N)=O)n(C)c1. The van der Waals surface area contributed by atoms with Gasteiger partial charge in [-0.25, -0.2) is 8.42 Å². The second kappa shape index (κ2) is 5.73. The zero-order valence-corrected chi connectivity index (χ0v) is 13.3. The number of carbonyl (C=O) groups is 2. The molecule has 1 saturated heterocycles. The van der Waals surface area contributed by atoms with Gasteiger partial charge in [0.05, 0.1) is 5.92 Å². The molecule has 1 fully saturated rings. The van der Waals surface area contributed by atoms with Gasteiger partial charge >= 0.3 is 0 Å². The molecule has 22 heavy (non-hydrogen) atoms. The van der Waals surface area contributed by atoms with Crippen molar-refractivity contribution in [1.82, 2.24) is 8.87 Å². The average molecular weight is 328 g/mol. The van der Waals surface area contributed by atoms with E-state index in [0.29, 0.717) is 12.8 Å². The van der Waals surface area contributed by atoms with Gasteiger partial charge in [-0.05, 0) is 25.8 Å². The maximum atomic E-state index is 12.8. The third kappa shape index (κ3) is 2.86. The minimum absolute atomic E-state index is 0.0132. The molecule has 0 radical (unpaired) electrons. The summed E-state index contributed by atoms with van der Waals surface area (Å²) < 4.78 is 28.2. The predicted molar refractivity (Wildman–Crippen MR) is 79.2 cm³/mol. The fraction of sp³-hybridized carbons (Fsp3) is 0.538. The van der Waals surface area contributed by atoms with Gasteiger partial charge < -0.3 is 16.0 Å². The van der Waals surface area contributed by atoms with E-state index in [1.54, 1.807) is 14.0 Å². The summed E-state index contributed by atoms with van der Waals surface area (Å²) in [5.41, 5.74) is 10.6. The molecule has 8 nitrogen and oxygen atoms in total. The lowest BCUT2D eigenvalue weighted by Gasteiger charge is -2.35. The maximum absolute atomic E-state index is 12.8. The third-order valence-electron chi connectivity index (χ3n) is 4.07. The van der Waals surface area contributed by atoms with E-state index in [1.165, 1.54) is 21.1 Å². The second-order valence-electron chi connectivity index (χ2n) is 5.64. The summed E-state index contributed by atoms with van der Waals surface area (Å²) in [4.78, 5) is 22.6. The number of amides is 2. The van der Waals surface area contributed by atoms with Gasteiger partial charge in [-0.15, -0.1) is 0 Å². The topological polar surface area (TPSA) is 128 Å². The summed E-state index contributed by atoms with van der Waals surface area (Å²) >= 11 is 0. The quantitative estimate of drug-likeness (QED) is 0.764. The van der Waals surface area contributed by atoms with E-state index in [4.69, 9.17) is 11.5 Å². The van der Waals surface area contributed by atoms with E-state index in [0.717, 1.165) is 0 Å². The van der Waals surface area contributed by atoms with Crippen molar-refractivity contribution in [3.8, 4) is 0 Å². The number of piperidine rings is 1. The van der Waals surface area contributed by atoms with Gasteiger partial charge in [0.15, 0.2) is 0 Å². The van der Waals surface area contributed by atoms with Crippen LogP contribution in [0.5, 0.6) is 0 Å². The molecule has 0 aliphatic carbocycles. The van der Waals surface area contributed by atoms with Crippen LogP contribution in [0.15, 0.2) is 17.2 Å². The van der Waals surface area contributed by atoms with Gasteiger partial charge in [0.25, 0.3) is 5.91 Å². The highest BCUT2D eigenvalue weighted by Crippen LogP contribution is 2.28. The number of rotatable bonds is 4. The Balaban J connectivity index is 2.38. The van der Waals surface area contributed by atoms with E-state index in [1.807, 2.05) is 0 Å².